The SMILES string of the molecule is Nc1ccc(N2CCN(C3CCCCNC3=O)CC2)cc1. The molecule has 2 heterocycles. The van der Waals surface area contributed by atoms with Crippen LogP contribution in [0, 0.1) is 0 Å². The summed E-state index contributed by atoms with van der Waals surface area (Å²) >= 11 is 0. The van der Waals surface area contributed by atoms with Crippen molar-refractivity contribution >= 4 is 17.3 Å². The van der Waals surface area contributed by atoms with Gasteiger partial charge in [-0.15, -0.1) is 0 Å². The first kappa shape index (κ1) is 14.2. The summed E-state index contributed by atoms with van der Waals surface area (Å²) in [5, 5.41) is 3.03. The van der Waals surface area contributed by atoms with E-state index in [2.05, 4.69) is 27.2 Å². The van der Waals surface area contributed by atoms with Gasteiger partial charge in [0.15, 0.2) is 0 Å². The highest BCUT2D eigenvalue weighted by molar-refractivity contribution is 5.82. The van der Waals surface area contributed by atoms with E-state index in [0.29, 0.717) is 0 Å². The molecule has 5 heteroatoms. The number of piperazine rings is 1. The summed E-state index contributed by atoms with van der Waals surface area (Å²) < 4.78 is 0. The van der Waals surface area contributed by atoms with Gasteiger partial charge in [0.25, 0.3) is 0 Å². The van der Waals surface area contributed by atoms with Crippen LogP contribution in [0.15, 0.2) is 24.3 Å². The summed E-state index contributed by atoms with van der Waals surface area (Å²) in [5.74, 6) is 0.216. The van der Waals surface area contributed by atoms with Gasteiger partial charge in [-0.2, -0.15) is 0 Å². The molecular weight excluding hydrogens is 264 g/mol. The fourth-order valence-corrected chi connectivity index (χ4v) is 3.25. The number of hydrogen-bond donors (Lipinski definition) is 2. The van der Waals surface area contributed by atoms with Gasteiger partial charge in [-0.25, -0.2) is 0 Å². The molecule has 1 aromatic carbocycles. The van der Waals surface area contributed by atoms with Crippen LogP contribution in [0.3, 0.4) is 0 Å². The molecule has 2 aliphatic rings. The average molecular weight is 288 g/mol. The molecule has 3 rings (SSSR count). The highest BCUT2D eigenvalue weighted by atomic mass is 16.2. The number of nitrogens with zero attached hydrogens (tertiary/aromatic N) is 2. The molecule has 0 aromatic heterocycles. The summed E-state index contributed by atoms with van der Waals surface area (Å²) in [6.07, 6.45) is 3.24. The lowest BCUT2D eigenvalue weighted by atomic mass is 10.1. The molecule has 114 valence electrons. The van der Waals surface area contributed by atoms with Crippen LogP contribution in [0.2, 0.25) is 0 Å². The van der Waals surface area contributed by atoms with E-state index in [4.69, 9.17) is 5.73 Å². The van der Waals surface area contributed by atoms with Gasteiger partial charge >= 0.3 is 0 Å². The summed E-state index contributed by atoms with van der Waals surface area (Å²) in [7, 11) is 0. The van der Waals surface area contributed by atoms with Crippen molar-refractivity contribution in [1.29, 1.82) is 0 Å². The Bertz CT molecular complexity index is 480. The summed E-state index contributed by atoms with van der Waals surface area (Å²) in [4.78, 5) is 16.8. The van der Waals surface area contributed by atoms with Gasteiger partial charge in [0.2, 0.25) is 5.91 Å². The summed E-state index contributed by atoms with van der Waals surface area (Å²) in [6.45, 7) is 4.66. The van der Waals surface area contributed by atoms with Gasteiger partial charge in [-0.1, -0.05) is 0 Å². The average Bonchev–Trinajstić information content (AvgIpc) is 2.73. The van der Waals surface area contributed by atoms with Crippen LogP contribution in [0.1, 0.15) is 19.3 Å². The summed E-state index contributed by atoms with van der Waals surface area (Å²) in [6, 6.07) is 8.11. The highest BCUT2D eigenvalue weighted by Gasteiger charge is 2.29. The third kappa shape index (κ3) is 3.29. The van der Waals surface area contributed by atoms with Crippen molar-refractivity contribution in [2.45, 2.75) is 25.3 Å². The van der Waals surface area contributed by atoms with Gasteiger partial charge < -0.3 is 16.0 Å². The standard InChI is InChI=1S/C16H24N4O/c17-13-4-6-14(7-5-13)19-9-11-20(12-10-19)15-3-1-2-8-18-16(15)21/h4-7,15H,1-3,8-12,17H2,(H,18,21). The number of rotatable bonds is 2. The van der Waals surface area contributed by atoms with Crippen molar-refractivity contribution in [1.82, 2.24) is 10.2 Å². The van der Waals surface area contributed by atoms with Crippen LogP contribution in [-0.2, 0) is 4.79 Å². The van der Waals surface area contributed by atoms with Crippen molar-refractivity contribution in [2.24, 2.45) is 0 Å². The molecule has 1 aromatic rings. The second kappa shape index (κ2) is 6.35. The van der Waals surface area contributed by atoms with E-state index in [1.165, 1.54) is 5.69 Å². The Hall–Kier alpha value is -1.75. The third-order valence-corrected chi connectivity index (χ3v) is 4.52. The first-order valence-electron chi connectivity index (χ1n) is 7.86. The maximum absolute atomic E-state index is 12.1. The van der Waals surface area contributed by atoms with Crippen LogP contribution >= 0.6 is 0 Å². The Morgan fingerprint density at radius 1 is 1.05 bits per heavy atom. The van der Waals surface area contributed by atoms with Gasteiger partial charge in [0.1, 0.15) is 0 Å². The predicted octanol–water partition coefficient (Wildman–Crippen LogP) is 1.06. The normalized spacial score (nSPS) is 24.5. The number of carbonyl (C=O) groups is 1. The molecule has 2 saturated heterocycles. The van der Waals surface area contributed by atoms with Gasteiger partial charge in [0.05, 0.1) is 6.04 Å². The van der Waals surface area contributed by atoms with E-state index < -0.39 is 0 Å². The molecule has 0 aliphatic carbocycles. The first-order chi connectivity index (χ1) is 10.2. The Labute approximate surface area is 126 Å². The van der Waals surface area contributed by atoms with E-state index in [9.17, 15) is 4.79 Å². The second-order valence-corrected chi connectivity index (χ2v) is 5.92. The van der Waals surface area contributed by atoms with Crippen molar-refractivity contribution in [2.75, 3.05) is 43.4 Å². The summed E-state index contributed by atoms with van der Waals surface area (Å²) in [5.41, 5.74) is 7.75. The molecule has 5 nitrogen and oxygen atoms in total. The van der Waals surface area contributed by atoms with Crippen molar-refractivity contribution in [3.8, 4) is 0 Å². The maximum atomic E-state index is 12.1. The lowest BCUT2D eigenvalue weighted by Crippen LogP contribution is -2.54. The zero-order chi connectivity index (χ0) is 14.7. The van der Waals surface area contributed by atoms with Gasteiger partial charge in [-0.3, -0.25) is 9.69 Å². The van der Waals surface area contributed by atoms with Crippen LogP contribution in [0.5, 0.6) is 0 Å². The first-order valence-corrected chi connectivity index (χ1v) is 7.86. The number of amides is 1. The molecule has 0 spiro atoms. The number of anilines is 2. The van der Waals surface area contributed by atoms with Crippen molar-refractivity contribution < 1.29 is 4.79 Å². The van der Waals surface area contributed by atoms with Gasteiger partial charge in [0, 0.05) is 44.1 Å². The molecular formula is C16H24N4O. The van der Waals surface area contributed by atoms with E-state index in [0.717, 1.165) is 57.7 Å². The number of nitrogens with one attached hydrogen (secondary N) is 1. The predicted molar refractivity (Wildman–Crippen MR) is 85.3 cm³/mol. The molecule has 1 unspecified atom stereocenters. The Kier molecular flexibility index (Phi) is 4.29. The molecule has 0 saturated carbocycles. The number of hydrogen-bond acceptors (Lipinski definition) is 4. The van der Waals surface area contributed by atoms with Gasteiger partial charge in [-0.05, 0) is 43.5 Å². The maximum Gasteiger partial charge on any atom is 0.237 e. The van der Waals surface area contributed by atoms with E-state index in [1.54, 1.807) is 0 Å². The van der Waals surface area contributed by atoms with Crippen LogP contribution in [-0.4, -0.2) is 49.6 Å². The number of nitrogen functional groups attached to an aromatic ring is 1. The topological polar surface area (TPSA) is 61.6 Å². The van der Waals surface area contributed by atoms with Crippen LogP contribution in [0.4, 0.5) is 11.4 Å². The van der Waals surface area contributed by atoms with E-state index in [1.807, 2.05) is 12.1 Å². The van der Waals surface area contributed by atoms with Crippen molar-refractivity contribution in [3.05, 3.63) is 24.3 Å². The minimum Gasteiger partial charge on any atom is -0.399 e. The monoisotopic (exact) mass is 288 g/mol. The van der Waals surface area contributed by atoms with Crippen LogP contribution < -0.4 is 16.0 Å². The smallest absolute Gasteiger partial charge is 0.237 e. The fourth-order valence-electron chi connectivity index (χ4n) is 3.25. The molecule has 3 N–H and O–H groups in total. The zero-order valence-electron chi connectivity index (χ0n) is 12.4. The third-order valence-electron chi connectivity index (χ3n) is 4.52. The highest BCUT2D eigenvalue weighted by Crippen LogP contribution is 2.20. The largest absolute Gasteiger partial charge is 0.399 e. The number of benzene rings is 1. The molecule has 1 amide bonds. The van der Waals surface area contributed by atoms with E-state index in [-0.39, 0.29) is 11.9 Å². The quantitative estimate of drug-likeness (QED) is 0.799. The fraction of sp³-hybridized carbons (Fsp3) is 0.562. The van der Waals surface area contributed by atoms with E-state index >= 15 is 0 Å². The lowest BCUT2D eigenvalue weighted by Gasteiger charge is -2.39. The molecule has 2 fully saturated rings. The Morgan fingerprint density at radius 3 is 2.48 bits per heavy atom. The molecule has 2 aliphatic heterocycles. The molecule has 0 radical (unpaired) electrons. The zero-order valence-corrected chi connectivity index (χ0v) is 12.4. The minimum absolute atomic E-state index is 0.0704. The van der Waals surface area contributed by atoms with Crippen LogP contribution in [0.25, 0.3) is 0 Å². The number of nitrogens with two attached hydrogens (primary N) is 1. The van der Waals surface area contributed by atoms with Crippen molar-refractivity contribution in [3.63, 3.8) is 0 Å². The minimum atomic E-state index is 0.0704. The molecule has 0 bridgehead atoms. The Morgan fingerprint density at radius 2 is 1.76 bits per heavy atom. The second-order valence-electron chi connectivity index (χ2n) is 5.92. The number of carbonyl (C=O) groups excluding carboxylic acids is 1. The molecule has 21 heavy (non-hydrogen) atoms. The molecule has 1 atom stereocenters. The lowest BCUT2D eigenvalue weighted by molar-refractivity contribution is -0.126. The Balaban J connectivity index is 1.59.